The van der Waals surface area contributed by atoms with E-state index in [1.807, 2.05) is 13.8 Å². The minimum Gasteiger partial charge on any atom is -0.325 e. The van der Waals surface area contributed by atoms with Crippen LogP contribution in [0.3, 0.4) is 0 Å². The second-order valence-corrected chi connectivity index (χ2v) is 10.7. The number of halogens is 1. The SMILES string of the molecule is CC(C)(I)CC(c1ccc(S(=O)(=O)O)cc1)C(C)(C)N. The van der Waals surface area contributed by atoms with Crippen LogP contribution in [-0.4, -0.2) is 21.9 Å². The predicted octanol–water partition coefficient (Wildman–Crippen LogP) is 3.36. The Hall–Kier alpha value is -0.180. The topological polar surface area (TPSA) is 80.4 Å². The molecule has 1 unspecified atom stereocenters. The largest absolute Gasteiger partial charge is 0.325 e. The van der Waals surface area contributed by atoms with Gasteiger partial charge in [0.25, 0.3) is 10.1 Å². The lowest BCUT2D eigenvalue weighted by Crippen LogP contribution is -2.41. The molecule has 0 spiro atoms. The van der Waals surface area contributed by atoms with Crippen LogP contribution in [0.15, 0.2) is 29.2 Å². The molecule has 0 bridgehead atoms. The van der Waals surface area contributed by atoms with Crippen molar-refractivity contribution in [3.8, 4) is 0 Å². The van der Waals surface area contributed by atoms with Crippen molar-refractivity contribution in [1.82, 2.24) is 0 Å². The van der Waals surface area contributed by atoms with E-state index in [2.05, 4.69) is 36.4 Å². The van der Waals surface area contributed by atoms with Crippen LogP contribution >= 0.6 is 22.6 Å². The summed E-state index contributed by atoms with van der Waals surface area (Å²) < 4.78 is 31.2. The summed E-state index contributed by atoms with van der Waals surface area (Å²) >= 11 is 2.39. The molecular weight excluding hydrogens is 389 g/mol. The van der Waals surface area contributed by atoms with E-state index in [-0.39, 0.29) is 14.2 Å². The maximum absolute atomic E-state index is 11.1. The molecule has 0 saturated carbocycles. The van der Waals surface area contributed by atoms with Crippen LogP contribution in [0.25, 0.3) is 0 Å². The summed E-state index contributed by atoms with van der Waals surface area (Å²) in [6, 6.07) is 6.29. The first-order valence-corrected chi connectivity index (χ1v) is 8.88. The highest BCUT2D eigenvalue weighted by Crippen LogP contribution is 2.37. The van der Waals surface area contributed by atoms with Gasteiger partial charge in [-0.2, -0.15) is 8.42 Å². The average Bonchev–Trinajstić information content (AvgIpc) is 2.22. The van der Waals surface area contributed by atoms with Gasteiger partial charge in [0.2, 0.25) is 0 Å². The van der Waals surface area contributed by atoms with E-state index in [9.17, 15) is 8.42 Å². The summed E-state index contributed by atoms with van der Waals surface area (Å²) in [4.78, 5) is -0.0939. The van der Waals surface area contributed by atoms with Crippen LogP contribution in [0.5, 0.6) is 0 Å². The highest BCUT2D eigenvalue weighted by molar-refractivity contribution is 14.1. The summed E-state index contributed by atoms with van der Waals surface area (Å²) in [5.74, 6) is 0.102. The first kappa shape index (κ1) is 17.9. The molecule has 0 amide bonds. The minimum absolute atomic E-state index is 0.0841. The lowest BCUT2D eigenvalue weighted by Gasteiger charge is -2.35. The third kappa shape index (κ3) is 5.31. The molecule has 0 heterocycles. The Kier molecular flexibility index (Phi) is 5.27. The summed E-state index contributed by atoms with van der Waals surface area (Å²) in [7, 11) is -4.15. The van der Waals surface area contributed by atoms with E-state index in [0.29, 0.717) is 0 Å². The van der Waals surface area contributed by atoms with Gasteiger partial charge in [-0.25, -0.2) is 0 Å². The van der Waals surface area contributed by atoms with Crippen LogP contribution < -0.4 is 5.73 Å². The Labute approximate surface area is 135 Å². The summed E-state index contributed by atoms with van der Waals surface area (Å²) in [5, 5.41) is 0. The summed E-state index contributed by atoms with van der Waals surface area (Å²) in [6.07, 6.45) is 0.877. The fourth-order valence-corrected chi connectivity index (χ4v) is 3.09. The molecule has 1 aromatic rings. The van der Waals surface area contributed by atoms with E-state index >= 15 is 0 Å². The maximum Gasteiger partial charge on any atom is 0.294 e. The summed E-state index contributed by atoms with van der Waals surface area (Å²) in [6.45, 7) is 8.21. The zero-order valence-corrected chi connectivity index (χ0v) is 15.2. The van der Waals surface area contributed by atoms with Crippen LogP contribution in [0, 0.1) is 0 Å². The quantitative estimate of drug-likeness (QED) is 0.443. The van der Waals surface area contributed by atoms with Gasteiger partial charge in [0.05, 0.1) is 4.90 Å². The standard InChI is InChI=1S/C14H22INO3S/c1-13(2,15)9-12(14(3,4)16)10-5-7-11(8-6-10)20(17,18)19/h5-8,12H,9,16H2,1-4H3,(H,17,18,19). The Bertz CT molecular complexity index is 554. The van der Waals surface area contributed by atoms with Gasteiger partial charge in [0.15, 0.2) is 0 Å². The number of benzene rings is 1. The van der Waals surface area contributed by atoms with E-state index < -0.39 is 15.7 Å². The second-order valence-electron chi connectivity index (χ2n) is 6.34. The van der Waals surface area contributed by atoms with E-state index in [0.717, 1.165) is 12.0 Å². The molecule has 0 fully saturated rings. The van der Waals surface area contributed by atoms with Crippen molar-refractivity contribution in [1.29, 1.82) is 0 Å². The Morgan fingerprint density at radius 3 is 1.95 bits per heavy atom. The van der Waals surface area contributed by atoms with Crippen molar-refractivity contribution in [2.45, 2.75) is 53.9 Å². The van der Waals surface area contributed by atoms with E-state index in [1.54, 1.807) is 12.1 Å². The predicted molar refractivity (Wildman–Crippen MR) is 90.0 cm³/mol. The number of hydrogen-bond acceptors (Lipinski definition) is 3. The summed E-state index contributed by atoms with van der Waals surface area (Å²) in [5.41, 5.74) is 6.84. The van der Waals surface area contributed by atoms with Gasteiger partial charge < -0.3 is 5.73 Å². The third-order valence-electron chi connectivity index (χ3n) is 3.17. The van der Waals surface area contributed by atoms with Crippen molar-refractivity contribution in [3.05, 3.63) is 29.8 Å². The molecule has 1 atom stereocenters. The molecule has 3 N–H and O–H groups in total. The fourth-order valence-electron chi connectivity index (χ4n) is 2.17. The smallest absolute Gasteiger partial charge is 0.294 e. The van der Waals surface area contributed by atoms with Gasteiger partial charge >= 0.3 is 0 Å². The van der Waals surface area contributed by atoms with Crippen LogP contribution in [-0.2, 0) is 10.1 Å². The molecule has 0 aliphatic heterocycles. The van der Waals surface area contributed by atoms with Crippen LogP contribution in [0.2, 0.25) is 0 Å². The van der Waals surface area contributed by atoms with Crippen molar-refractivity contribution in [2.24, 2.45) is 5.73 Å². The minimum atomic E-state index is -4.15. The van der Waals surface area contributed by atoms with Gasteiger partial charge in [-0.05, 0) is 38.0 Å². The van der Waals surface area contributed by atoms with Gasteiger partial charge in [-0.15, -0.1) is 0 Å². The second kappa shape index (κ2) is 5.90. The average molecular weight is 411 g/mol. The van der Waals surface area contributed by atoms with Crippen molar-refractivity contribution in [2.75, 3.05) is 0 Å². The number of hydrogen-bond donors (Lipinski definition) is 2. The first-order valence-electron chi connectivity index (χ1n) is 6.36. The Morgan fingerprint density at radius 2 is 1.65 bits per heavy atom. The number of rotatable bonds is 5. The Morgan fingerprint density at radius 1 is 1.20 bits per heavy atom. The van der Waals surface area contributed by atoms with Gasteiger partial charge in [0, 0.05) is 14.9 Å². The van der Waals surface area contributed by atoms with E-state index in [1.165, 1.54) is 12.1 Å². The van der Waals surface area contributed by atoms with Crippen LogP contribution in [0.1, 0.15) is 45.6 Å². The van der Waals surface area contributed by atoms with Crippen molar-refractivity contribution in [3.63, 3.8) is 0 Å². The van der Waals surface area contributed by atoms with Gasteiger partial charge in [0.1, 0.15) is 0 Å². The number of nitrogens with two attached hydrogens (primary N) is 1. The van der Waals surface area contributed by atoms with E-state index in [4.69, 9.17) is 10.3 Å². The van der Waals surface area contributed by atoms with Gasteiger partial charge in [-0.3, -0.25) is 4.55 Å². The normalized spacial score (nSPS) is 15.2. The molecule has 0 radical (unpaired) electrons. The zero-order valence-electron chi connectivity index (χ0n) is 12.2. The van der Waals surface area contributed by atoms with Gasteiger partial charge in [-0.1, -0.05) is 48.6 Å². The molecular formula is C14H22INO3S. The molecule has 0 aromatic heterocycles. The van der Waals surface area contributed by atoms with Crippen molar-refractivity contribution < 1.29 is 13.0 Å². The molecule has 20 heavy (non-hydrogen) atoms. The highest BCUT2D eigenvalue weighted by Gasteiger charge is 2.31. The lowest BCUT2D eigenvalue weighted by atomic mass is 9.77. The number of alkyl halides is 1. The molecule has 6 heteroatoms. The molecule has 1 aromatic carbocycles. The zero-order chi connectivity index (χ0) is 15.8. The molecule has 0 saturated heterocycles. The highest BCUT2D eigenvalue weighted by atomic mass is 127. The monoisotopic (exact) mass is 411 g/mol. The molecule has 4 nitrogen and oxygen atoms in total. The maximum atomic E-state index is 11.1. The fraction of sp³-hybridized carbons (Fsp3) is 0.571. The first-order chi connectivity index (χ1) is 8.81. The molecule has 0 aliphatic carbocycles. The van der Waals surface area contributed by atoms with Crippen LogP contribution in [0.4, 0.5) is 0 Å². The Balaban J connectivity index is 3.16. The third-order valence-corrected chi connectivity index (χ3v) is 4.48. The van der Waals surface area contributed by atoms with Crippen molar-refractivity contribution >= 4 is 32.7 Å². The molecule has 1 rings (SSSR count). The molecule has 0 aliphatic rings. The lowest BCUT2D eigenvalue weighted by molar-refractivity contribution is 0.371. The molecule has 114 valence electrons.